The lowest BCUT2D eigenvalue weighted by atomic mass is 10.2. The van der Waals surface area contributed by atoms with Crippen molar-refractivity contribution in [3.8, 4) is 5.75 Å². The van der Waals surface area contributed by atoms with Crippen LogP contribution in [0, 0.1) is 17.0 Å². The van der Waals surface area contributed by atoms with E-state index in [1.807, 2.05) is 0 Å². The Morgan fingerprint density at radius 2 is 2.29 bits per heavy atom. The number of ether oxygens (including phenoxy) is 1. The molecule has 0 fully saturated rings. The third-order valence-electron chi connectivity index (χ3n) is 2.03. The van der Waals surface area contributed by atoms with Crippen LogP contribution in [-0.4, -0.2) is 28.0 Å². The van der Waals surface area contributed by atoms with E-state index in [-0.39, 0.29) is 18.0 Å². The molecule has 1 atom stereocenters. The van der Waals surface area contributed by atoms with Crippen molar-refractivity contribution in [3.63, 3.8) is 0 Å². The van der Waals surface area contributed by atoms with Crippen LogP contribution in [0.4, 0.5) is 5.69 Å². The topological polar surface area (TPSA) is 89.7 Å². The van der Waals surface area contributed by atoms with Gasteiger partial charge in [0.1, 0.15) is 6.61 Å². The summed E-state index contributed by atoms with van der Waals surface area (Å²) in [6.07, 6.45) is 0. The van der Waals surface area contributed by atoms with Crippen molar-refractivity contribution in [3.05, 3.63) is 33.9 Å². The maximum atomic E-state index is 10.7. The highest BCUT2D eigenvalue weighted by molar-refractivity contribution is 6.29. The first-order valence-electron chi connectivity index (χ1n) is 4.67. The smallest absolute Gasteiger partial charge is 0.325 e. The molecule has 92 valence electrons. The third-order valence-corrected chi connectivity index (χ3v) is 2.34. The fourth-order valence-electron chi connectivity index (χ4n) is 1.20. The molecule has 1 rings (SSSR count). The van der Waals surface area contributed by atoms with E-state index >= 15 is 0 Å². The Morgan fingerprint density at radius 1 is 1.65 bits per heavy atom. The molecule has 17 heavy (non-hydrogen) atoms. The number of hydrogen-bond donors (Lipinski definition) is 1. The Bertz CT molecular complexity index is 448. The molecule has 1 aromatic rings. The molecule has 0 heterocycles. The van der Waals surface area contributed by atoms with Gasteiger partial charge in [0.15, 0.2) is 11.1 Å². The summed E-state index contributed by atoms with van der Waals surface area (Å²) >= 11 is 5.46. The van der Waals surface area contributed by atoms with Crippen molar-refractivity contribution in [2.75, 3.05) is 6.61 Å². The molecule has 0 saturated heterocycles. The van der Waals surface area contributed by atoms with Gasteiger partial charge in [0, 0.05) is 6.07 Å². The number of carboxylic acid groups (broad SMARTS) is 1. The van der Waals surface area contributed by atoms with Gasteiger partial charge in [-0.05, 0) is 12.5 Å². The fraction of sp³-hybridized carbons (Fsp3) is 0.300. The van der Waals surface area contributed by atoms with Gasteiger partial charge >= 0.3 is 11.7 Å². The molecule has 0 aliphatic carbocycles. The van der Waals surface area contributed by atoms with Crippen molar-refractivity contribution >= 4 is 23.3 Å². The molecule has 0 spiro atoms. The van der Waals surface area contributed by atoms with Gasteiger partial charge in [0.05, 0.1) is 4.92 Å². The second kappa shape index (κ2) is 5.49. The Balaban J connectivity index is 2.90. The molecule has 1 N–H and O–H groups in total. The molecule has 0 bridgehead atoms. The van der Waals surface area contributed by atoms with Gasteiger partial charge in [-0.15, -0.1) is 11.6 Å². The van der Waals surface area contributed by atoms with E-state index in [0.29, 0.717) is 5.56 Å². The quantitative estimate of drug-likeness (QED) is 0.496. The molecule has 1 unspecified atom stereocenters. The van der Waals surface area contributed by atoms with Crippen LogP contribution in [0.3, 0.4) is 0 Å². The molecule has 6 nitrogen and oxygen atoms in total. The Labute approximate surface area is 102 Å². The van der Waals surface area contributed by atoms with Gasteiger partial charge < -0.3 is 9.84 Å². The highest BCUT2D eigenvalue weighted by atomic mass is 35.5. The number of benzene rings is 1. The highest BCUT2D eigenvalue weighted by Crippen LogP contribution is 2.30. The minimum absolute atomic E-state index is 0.0457. The number of nitrogens with zero attached hydrogens (tertiary/aromatic N) is 1. The van der Waals surface area contributed by atoms with Gasteiger partial charge in [-0.25, -0.2) is 0 Å². The normalized spacial score (nSPS) is 11.9. The Kier molecular flexibility index (Phi) is 4.28. The average molecular weight is 260 g/mol. The summed E-state index contributed by atoms with van der Waals surface area (Å²) < 4.78 is 5.10. The number of alkyl halides is 1. The van der Waals surface area contributed by atoms with E-state index in [1.54, 1.807) is 13.0 Å². The number of aliphatic carboxylic acids is 1. The molecule has 0 saturated carbocycles. The largest absolute Gasteiger partial charge is 0.484 e. The lowest BCUT2D eigenvalue weighted by Gasteiger charge is -2.10. The van der Waals surface area contributed by atoms with Crippen molar-refractivity contribution in [1.82, 2.24) is 0 Å². The van der Waals surface area contributed by atoms with Crippen molar-refractivity contribution in [2.24, 2.45) is 0 Å². The second-order valence-electron chi connectivity index (χ2n) is 3.30. The maximum absolute atomic E-state index is 10.7. The molecular formula is C10H10ClNO5. The van der Waals surface area contributed by atoms with Crippen LogP contribution in [-0.2, 0) is 4.79 Å². The predicted molar refractivity (Wildman–Crippen MR) is 60.6 cm³/mol. The summed E-state index contributed by atoms with van der Waals surface area (Å²) in [7, 11) is 0. The van der Waals surface area contributed by atoms with Crippen LogP contribution in [0.2, 0.25) is 0 Å². The number of hydrogen-bond acceptors (Lipinski definition) is 4. The molecule has 0 amide bonds. The highest BCUT2D eigenvalue weighted by Gasteiger charge is 2.20. The fourth-order valence-corrected chi connectivity index (χ4v) is 1.26. The van der Waals surface area contributed by atoms with E-state index in [0.717, 1.165) is 0 Å². The Hall–Kier alpha value is -1.82. The van der Waals surface area contributed by atoms with Gasteiger partial charge in [-0.3, -0.25) is 14.9 Å². The van der Waals surface area contributed by atoms with Gasteiger partial charge in [-0.2, -0.15) is 0 Å². The number of nitro groups is 1. The SMILES string of the molecule is Cc1cccc([N+](=O)[O-])c1OCC(Cl)C(=O)O. The van der Waals surface area contributed by atoms with E-state index in [1.165, 1.54) is 12.1 Å². The van der Waals surface area contributed by atoms with Crippen LogP contribution in [0.1, 0.15) is 5.56 Å². The lowest BCUT2D eigenvalue weighted by Crippen LogP contribution is -2.22. The van der Waals surface area contributed by atoms with E-state index in [9.17, 15) is 14.9 Å². The van der Waals surface area contributed by atoms with Gasteiger partial charge in [-0.1, -0.05) is 12.1 Å². The van der Waals surface area contributed by atoms with Gasteiger partial charge in [0.2, 0.25) is 0 Å². The number of aryl methyl sites for hydroxylation is 1. The minimum Gasteiger partial charge on any atom is -0.484 e. The van der Waals surface area contributed by atoms with Crippen molar-refractivity contribution in [2.45, 2.75) is 12.3 Å². The second-order valence-corrected chi connectivity index (χ2v) is 3.82. The number of carbonyl (C=O) groups is 1. The van der Waals surface area contributed by atoms with E-state index < -0.39 is 16.3 Å². The van der Waals surface area contributed by atoms with Crippen LogP contribution in [0.15, 0.2) is 18.2 Å². The number of carboxylic acids is 1. The van der Waals surface area contributed by atoms with Crippen LogP contribution < -0.4 is 4.74 Å². The van der Waals surface area contributed by atoms with Crippen molar-refractivity contribution in [1.29, 1.82) is 0 Å². The Morgan fingerprint density at radius 3 is 2.82 bits per heavy atom. The third kappa shape index (κ3) is 3.32. The zero-order valence-electron chi connectivity index (χ0n) is 8.92. The van der Waals surface area contributed by atoms with Crippen LogP contribution >= 0.6 is 11.6 Å². The molecule has 0 aliphatic rings. The average Bonchev–Trinajstić information content (AvgIpc) is 2.26. The molecule has 0 aromatic heterocycles. The van der Waals surface area contributed by atoms with Crippen LogP contribution in [0.25, 0.3) is 0 Å². The van der Waals surface area contributed by atoms with E-state index in [2.05, 4.69) is 0 Å². The molecule has 7 heteroatoms. The summed E-state index contributed by atoms with van der Waals surface area (Å²) in [6, 6.07) is 4.44. The standard InChI is InChI=1S/C10H10ClNO5/c1-6-3-2-4-8(12(15)16)9(6)17-5-7(11)10(13)14/h2-4,7H,5H2,1H3,(H,13,14). The lowest BCUT2D eigenvalue weighted by molar-refractivity contribution is -0.385. The number of halogens is 1. The summed E-state index contributed by atoms with van der Waals surface area (Å²) in [4.78, 5) is 20.6. The summed E-state index contributed by atoms with van der Waals surface area (Å²) in [5.41, 5.74) is 0.340. The zero-order chi connectivity index (χ0) is 13.0. The molecular weight excluding hydrogens is 250 g/mol. The first-order chi connectivity index (χ1) is 7.93. The monoisotopic (exact) mass is 259 g/mol. The predicted octanol–water partition coefficient (Wildman–Crippen LogP) is 1.97. The molecule has 1 aromatic carbocycles. The maximum Gasteiger partial charge on any atom is 0.325 e. The zero-order valence-corrected chi connectivity index (χ0v) is 9.68. The van der Waals surface area contributed by atoms with Crippen LogP contribution in [0.5, 0.6) is 5.75 Å². The summed E-state index contributed by atoms with van der Waals surface area (Å²) in [6.45, 7) is 1.30. The number of rotatable bonds is 5. The van der Waals surface area contributed by atoms with E-state index in [4.69, 9.17) is 21.4 Å². The summed E-state index contributed by atoms with van der Waals surface area (Å²) in [5, 5.41) is 18.0. The molecule has 0 aliphatic heterocycles. The first kappa shape index (κ1) is 13.2. The number of para-hydroxylation sites is 1. The minimum atomic E-state index is -1.24. The van der Waals surface area contributed by atoms with Crippen molar-refractivity contribution < 1.29 is 19.6 Å². The van der Waals surface area contributed by atoms with Gasteiger partial charge in [0.25, 0.3) is 0 Å². The molecule has 0 radical (unpaired) electrons. The number of nitro benzene ring substituents is 1. The summed E-state index contributed by atoms with van der Waals surface area (Å²) in [5.74, 6) is -1.19. The first-order valence-corrected chi connectivity index (χ1v) is 5.10.